The molecule has 1 atom stereocenters. The topological polar surface area (TPSA) is 49.9 Å². The molecule has 1 aliphatic heterocycles. The van der Waals surface area contributed by atoms with Crippen LogP contribution in [0.5, 0.6) is 5.75 Å². The largest absolute Gasteiger partial charge is 0.495 e. The van der Waals surface area contributed by atoms with Gasteiger partial charge in [0.1, 0.15) is 5.75 Å². The van der Waals surface area contributed by atoms with Crippen molar-refractivity contribution in [2.45, 2.75) is 33.1 Å². The standard InChI is InChI=1S/C18H25ClN2O3/c1-13-5-4-9-20(12-13)18(23)8-10-21(14(2)22)16-11-15(19)6-7-17(16)24-3/h6-7,11,13H,4-5,8-10,12H2,1-3H3. The zero-order chi connectivity index (χ0) is 17.7. The normalized spacial score (nSPS) is 17.5. The van der Waals surface area contributed by atoms with E-state index in [9.17, 15) is 9.59 Å². The maximum Gasteiger partial charge on any atom is 0.224 e. The lowest BCUT2D eigenvalue weighted by Gasteiger charge is -2.32. The SMILES string of the molecule is COc1ccc(Cl)cc1N(CCC(=O)N1CCCC(C)C1)C(C)=O. The Morgan fingerprint density at radius 1 is 1.42 bits per heavy atom. The van der Waals surface area contributed by atoms with Crippen LogP contribution in [0.15, 0.2) is 18.2 Å². The zero-order valence-electron chi connectivity index (χ0n) is 14.5. The fourth-order valence-corrected chi connectivity index (χ4v) is 3.27. The average Bonchev–Trinajstić information content (AvgIpc) is 2.54. The molecule has 0 spiro atoms. The van der Waals surface area contributed by atoms with Crippen molar-refractivity contribution >= 4 is 29.1 Å². The van der Waals surface area contributed by atoms with E-state index in [1.54, 1.807) is 30.2 Å². The average molecular weight is 353 g/mol. The quantitative estimate of drug-likeness (QED) is 0.816. The van der Waals surface area contributed by atoms with Gasteiger partial charge in [-0.1, -0.05) is 18.5 Å². The van der Waals surface area contributed by atoms with Crippen molar-refractivity contribution in [2.24, 2.45) is 5.92 Å². The van der Waals surface area contributed by atoms with Crippen molar-refractivity contribution in [1.82, 2.24) is 4.90 Å². The van der Waals surface area contributed by atoms with E-state index in [2.05, 4.69) is 6.92 Å². The van der Waals surface area contributed by atoms with Crippen LogP contribution in [0, 0.1) is 5.92 Å². The van der Waals surface area contributed by atoms with E-state index in [0.29, 0.717) is 35.3 Å². The molecular weight excluding hydrogens is 328 g/mol. The molecular formula is C18H25ClN2O3. The minimum atomic E-state index is -0.143. The van der Waals surface area contributed by atoms with Crippen LogP contribution in [-0.4, -0.2) is 43.5 Å². The Labute approximate surface area is 148 Å². The molecule has 1 unspecified atom stereocenters. The second kappa shape index (κ2) is 8.38. The Morgan fingerprint density at radius 3 is 2.79 bits per heavy atom. The van der Waals surface area contributed by atoms with Crippen LogP contribution >= 0.6 is 11.6 Å². The number of methoxy groups -OCH3 is 1. The first-order valence-electron chi connectivity index (χ1n) is 8.31. The molecule has 1 aromatic carbocycles. The minimum Gasteiger partial charge on any atom is -0.495 e. The van der Waals surface area contributed by atoms with Gasteiger partial charge in [0.05, 0.1) is 12.8 Å². The Hall–Kier alpha value is -1.75. The third-order valence-electron chi connectivity index (χ3n) is 4.37. The molecule has 0 aliphatic carbocycles. The molecule has 1 saturated heterocycles. The van der Waals surface area contributed by atoms with Gasteiger partial charge in [0.25, 0.3) is 0 Å². The van der Waals surface area contributed by atoms with Crippen LogP contribution in [0.1, 0.15) is 33.1 Å². The highest BCUT2D eigenvalue weighted by molar-refractivity contribution is 6.31. The first-order valence-corrected chi connectivity index (χ1v) is 8.69. The zero-order valence-corrected chi connectivity index (χ0v) is 15.3. The maximum atomic E-state index is 12.5. The summed E-state index contributed by atoms with van der Waals surface area (Å²) in [7, 11) is 1.55. The van der Waals surface area contributed by atoms with Gasteiger partial charge in [-0.05, 0) is 37.0 Å². The van der Waals surface area contributed by atoms with Crippen LogP contribution in [0.2, 0.25) is 5.02 Å². The summed E-state index contributed by atoms with van der Waals surface area (Å²) < 4.78 is 5.32. The number of ether oxygens (including phenoxy) is 1. The summed E-state index contributed by atoms with van der Waals surface area (Å²) in [5.74, 6) is 1.05. The molecule has 6 heteroatoms. The number of carbonyl (C=O) groups excluding carboxylic acids is 2. The van der Waals surface area contributed by atoms with Gasteiger partial charge in [0.15, 0.2) is 0 Å². The Balaban J connectivity index is 2.08. The number of nitrogens with zero attached hydrogens (tertiary/aromatic N) is 2. The number of hydrogen-bond donors (Lipinski definition) is 0. The molecule has 24 heavy (non-hydrogen) atoms. The molecule has 1 aliphatic rings. The Bertz CT molecular complexity index is 606. The van der Waals surface area contributed by atoms with Crippen molar-refractivity contribution < 1.29 is 14.3 Å². The van der Waals surface area contributed by atoms with E-state index in [4.69, 9.17) is 16.3 Å². The fourth-order valence-electron chi connectivity index (χ4n) is 3.10. The Kier molecular flexibility index (Phi) is 6.49. The van der Waals surface area contributed by atoms with Gasteiger partial charge in [0, 0.05) is 38.0 Å². The van der Waals surface area contributed by atoms with Gasteiger partial charge in [-0.2, -0.15) is 0 Å². The first kappa shape index (κ1) is 18.6. The molecule has 1 fully saturated rings. The molecule has 0 radical (unpaired) electrons. The summed E-state index contributed by atoms with van der Waals surface area (Å²) in [6, 6.07) is 5.12. The number of carbonyl (C=O) groups is 2. The first-order chi connectivity index (χ1) is 11.4. The minimum absolute atomic E-state index is 0.0915. The number of piperidine rings is 1. The van der Waals surface area contributed by atoms with Gasteiger partial charge in [-0.25, -0.2) is 0 Å². The van der Waals surface area contributed by atoms with Crippen LogP contribution in [0.3, 0.4) is 0 Å². The molecule has 1 heterocycles. The maximum absolute atomic E-state index is 12.5. The van der Waals surface area contributed by atoms with E-state index < -0.39 is 0 Å². The third-order valence-corrected chi connectivity index (χ3v) is 4.61. The van der Waals surface area contributed by atoms with Gasteiger partial charge >= 0.3 is 0 Å². The highest BCUT2D eigenvalue weighted by Crippen LogP contribution is 2.31. The molecule has 0 bridgehead atoms. The molecule has 2 amide bonds. The van der Waals surface area contributed by atoms with Gasteiger partial charge < -0.3 is 14.5 Å². The number of likely N-dealkylation sites (tertiary alicyclic amines) is 1. The molecule has 1 aromatic rings. The summed E-state index contributed by atoms with van der Waals surface area (Å²) in [4.78, 5) is 28.0. The van der Waals surface area contributed by atoms with Gasteiger partial charge in [0.2, 0.25) is 11.8 Å². The number of rotatable bonds is 5. The predicted octanol–water partition coefficient (Wildman–Crippen LogP) is 3.35. The third kappa shape index (κ3) is 4.63. The van der Waals surface area contributed by atoms with Crippen LogP contribution < -0.4 is 9.64 Å². The van der Waals surface area contributed by atoms with Gasteiger partial charge in [-0.3, -0.25) is 9.59 Å². The van der Waals surface area contributed by atoms with Crippen LogP contribution in [0.4, 0.5) is 5.69 Å². The predicted molar refractivity (Wildman–Crippen MR) is 95.6 cm³/mol. The fraction of sp³-hybridized carbons (Fsp3) is 0.556. The number of benzene rings is 1. The van der Waals surface area contributed by atoms with Crippen molar-refractivity contribution in [3.8, 4) is 5.75 Å². The summed E-state index contributed by atoms with van der Waals surface area (Å²) in [6.07, 6.45) is 2.51. The lowest BCUT2D eigenvalue weighted by Crippen LogP contribution is -2.41. The Morgan fingerprint density at radius 2 is 2.17 bits per heavy atom. The summed E-state index contributed by atoms with van der Waals surface area (Å²) in [5.41, 5.74) is 0.595. The van der Waals surface area contributed by atoms with Gasteiger partial charge in [-0.15, -0.1) is 0 Å². The molecule has 0 N–H and O–H groups in total. The van der Waals surface area contributed by atoms with Crippen molar-refractivity contribution in [3.63, 3.8) is 0 Å². The van der Waals surface area contributed by atoms with E-state index in [0.717, 1.165) is 19.5 Å². The van der Waals surface area contributed by atoms with Crippen molar-refractivity contribution in [1.29, 1.82) is 0 Å². The second-order valence-corrected chi connectivity index (χ2v) is 6.76. The number of halogens is 1. The van der Waals surface area contributed by atoms with Crippen molar-refractivity contribution in [2.75, 3.05) is 31.6 Å². The summed E-state index contributed by atoms with van der Waals surface area (Å²) in [5, 5.41) is 0.522. The highest BCUT2D eigenvalue weighted by Gasteiger charge is 2.23. The monoisotopic (exact) mass is 352 g/mol. The van der Waals surface area contributed by atoms with E-state index in [1.165, 1.54) is 13.3 Å². The van der Waals surface area contributed by atoms with E-state index in [1.807, 2.05) is 4.90 Å². The second-order valence-electron chi connectivity index (χ2n) is 6.32. The molecule has 0 saturated carbocycles. The van der Waals surface area contributed by atoms with Crippen LogP contribution in [-0.2, 0) is 9.59 Å². The molecule has 132 valence electrons. The van der Waals surface area contributed by atoms with Crippen molar-refractivity contribution in [3.05, 3.63) is 23.2 Å². The lowest BCUT2D eigenvalue weighted by atomic mass is 10.00. The van der Waals surface area contributed by atoms with Crippen LogP contribution in [0.25, 0.3) is 0 Å². The number of anilines is 1. The summed E-state index contributed by atoms with van der Waals surface area (Å²) in [6.45, 7) is 5.57. The lowest BCUT2D eigenvalue weighted by molar-refractivity contribution is -0.132. The smallest absolute Gasteiger partial charge is 0.224 e. The van der Waals surface area contributed by atoms with E-state index in [-0.39, 0.29) is 11.8 Å². The molecule has 2 rings (SSSR count). The number of hydrogen-bond acceptors (Lipinski definition) is 3. The number of amides is 2. The summed E-state index contributed by atoms with van der Waals surface area (Å²) >= 11 is 6.05. The molecule has 0 aromatic heterocycles. The van der Waals surface area contributed by atoms with E-state index >= 15 is 0 Å². The highest BCUT2D eigenvalue weighted by atomic mass is 35.5. The molecule has 5 nitrogen and oxygen atoms in total.